The molecule has 1 aliphatic rings. The van der Waals surface area contributed by atoms with E-state index in [0.717, 1.165) is 0 Å². The monoisotopic (exact) mass is 408 g/mol. The lowest BCUT2D eigenvalue weighted by Crippen LogP contribution is -2.46. The number of likely N-dealkylation sites (N-methyl/N-ethyl adjacent to an activating group) is 1. The summed E-state index contributed by atoms with van der Waals surface area (Å²) in [5.74, 6) is -2.75. The third-order valence-electron chi connectivity index (χ3n) is 4.63. The Balaban J connectivity index is 1.76. The standard InChI is InChI=1S/C22H20N2O6/c1-3-23-21(28)12(2)24-17(25)11-30-22(29)16-10-6-9-15-18(16)20(27)14-8-5-4-7-13(14)19(15)26/h4-10,12H,3,11H2,1-2H3,(H,23,28)(H,24,25)/t12-/m1/s1. The molecule has 0 spiro atoms. The fourth-order valence-corrected chi connectivity index (χ4v) is 3.20. The maximum atomic E-state index is 12.9. The molecule has 0 aliphatic heterocycles. The van der Waals surface area contributed by atoms with Gasteiger partial charge in [0.05, 0.1) is 5.56 Å². The Hall–Kier alpha value is -3.81. The van der Waals surface area contributed by atoms with E-state index in [-0.39, 0.29) is 39.5 Å². The zero-order valence-corrected chi connectivity index (χ0v) is 16.5. The molecule has 2 aromatic carbocycles. The molecule has 0 bridgehead atoms. The zero-order valence-electron chi connectivity index (χ0n) is 16.5. The van der Waals surface area contributed by atoms with Gasteiger partial charge in [0, 0.05) is 28.8 Å². The van der Waals surface area contributed by atoms with Crippen LogP contribution in [0.5, 0.6) is 0 Å². The number of carbonyl (C=O) groups excluding carboxylic acids is 5. The van der Waals surface area contributed by atoms with Crippen molar-refractivity contribution in [2.24, 2.45) is 0 Å². The van der Waals surface area contributed by atoms with Gasteiger partial charge in [0.15, 0.2) is 18.2 Å². The van der Waals surface area contributed by atoms with E-state index >= 15 is 0 Å². The summed E-state index contributed by atoms with van der Waals surface area (Å²) in [7, 11) is 0. The number of hydrogen-bond acceptors (Lipinski definition) is 6. The Morgan fingerprint density at radius 3 is 2.23 bits per heavy atom. The van der Waals surface area contributed by atoms with Crippen LogP contribution in [0.1, 0.15) is 56.0 Å². The number of ketones is 2. The first kappa shape index (κ1) is 20.9. The van der Waals surface area contributed by atoms with Crippen LogP contribution in [0.4, 0.5) is 0 Å². The number of esters is 1. The first-order chi connectivity index (χ1) is 14.3. The third-order valence-corrected chi connectivity index (χ3v) is 4.63. The lowest BCUT2D eigenvalue weighted by molar-refractivity contribution is -0.130. The van der Waals surface area contributed by atoms with Crippen LogP contribution in [0.2, 0.25) is 0 Å². The van der Waals surface area contributed by atoms with E-state index in [0.29, 0.717) is 6.54 Å². The summed E-state index contributed by atoms with van der Waals surface area (Å²) < 4.78 is 5.02. The Morgan fingerprint density at radius 2 is 1.57 bits per heavy atom. The van der Waals surface area contributed by atoms with E-state index in [9.17, 15) is 24.0 Å². The second-order valence-electron chi connectivity index (χ2n) is 6.69. The molecule has 8 nitrogen and oxygen atoms in total. The molecule has 0 radical (unpaired) electrons. The molecule has 2 amide bonds. The Labute approximate surface area is 172 Å². The van der Waals surface area contributed by atoms with Crippen LogP contribution in [-0.4, -0.2) is 48.5 Å². The average Bonchev–Trinajstić information content (AvgIpc) is 2.75. The smallest absolute Gasteiger partial charge is 0.339 e. The largest absolute Gasteiger partial charge is 0.452 e. The number of carbonyl (C=O) groups is 5. The fraction of sp³-hybridized carbons (Fsp3) is 0.227. The average molecular weight is 408 g/mol. The van der Waals surface area contributed by atoms with Crippen LogP contribution in [0.15, 0.2) is 42.5 Å². The highest BCUT2D eigenvalue weighted by Crippen LogP contribution is 2.29. The van der Waals surface area contributed by atoms with E-state index in [1.807, 2.05) is 0 Å². The van der Waals surface area contributed by atoms with E-state index < -0.39 is 30.3 Å². The molecule has 0 saturated heterocycles. The normalized spacial score (nSPS) is 13.0. The maximum absolute atomic E-state index is 12.9. The molecule has 30 heavy (non-hydrogen) atoms. The highest BCUT2D eigenvalue weighted by molar-refractivity contribution is 6.30. The number of hydrogen-bond donors (Lipinski definition) is 2. The van der Waals surface area contributed by atoms with Crippen LogP contribution in [-0.2, 0) is 14.3 Å². The van der Waals surface area contributed by atoms with Gasteiger partial charge in [0.2, 0.25) is 5.91 Å². The van der Waals surface area contributed by atoms with Crippen molar-refractivity contribution in [2.45, 2.75) is 19.9 Å². The number of ether oxygens (including phenoxy) is 1. The van der Waals surface area contributed by atoms with Gasteiger partial charge in [-0.25, -0.2) is 4.79 Å². The van der Waals surface area contributed by atoms with Gasteiger partial charge in [-0.3, -0.25) is 19.2 Å². The molecular formula is C22H20N2O6. The molecule has 0 heterocycles. The molecule has 1 atom stereocenters. The van der Waals surface area contributed by atoms with Crippen LogP contribution >= 0.6 is 0 Å². The molecule has 0 aromatic heterocycles. The molecule has 3 rings (SSSR count). The van der Waals surface area contributed by atoms with Gasteiger partial charge in [0.1, 0.15) is 6.04 Å². The summed E-state index contributed by atoms with van der Waals surface area (Å²) in [6.07, 6.45) is 0. The van der Waals surface area contributed by atoms with Crippen LogP contribution in [0, 0.1) is 0 Å². The topological polar surface area (TPSA) is 119 Å². The van der Waals surface area contributed by atoms with E-state index in [2.05, 4.69) is 10.6 Å². The Kier molecular flexibility index (Phi) is 6.06. The van der Waals surface area contributed by atoms with Crippen molar-refractivity contribution in [3.63, 3.8) is 0 Å². The zero-order chi connectivity index (χ0) is 21.8. The molecule has 0 saturated carbocycles. The van der Waals surface area contributed by atoms with Crippen LogP contribution < -0.4 is 10.6 Å². The second-order valence-corrected chi connectivity index (χ2v) is 6.69. The molecule has 0 fully saturated rings. The van der Waals surface area contributed by atoms with Crippen molar-refractivity contribution < 1.29 is 28.7 Å². The predicted molar refractivity (Wildman–Crippen MR) is 106 cm³/mol. The molecule has 1 aliphatic carbocycles. The summed E-state index contributed by atoms with van der Waals surface area (Å²) in [6, 6.07) is 9.91. The first-order valence-corrected chi connectivity index (χ1v) is 9.40. The number of rotatable bonds is 6. The minimum Gasteiger partial charge on any atom is -0.452 e. The number of nitrogens with one attached hydrogen (secondary N) is 2. The number of amides is 2. The van der Waals surface area contributed by atoms with Crippen LogP contribution in [0.3, 0.4) is 0 Å². The van der Waals surface area contributed by atoms with Crippen molar-refractivity contribution in [2.75, 3.05) is 13.2 Å². The quantitative estimate of drug-likeness (QED) is 0.593. The summed E-state index contributed by atoms with van der Waals surface area (Å²) >= 11 is 0. The molecule has 2 aromatic rings. The van der Waals surface area contributed by atoms with Gasteiger partial charge in [-0.2, -0.15) is 0 Å². The van der Waals surface area contributed by atoms with Crippen molar-refractivity contribution in [1.29, 1.82) is 0 Å². The van der Waals surface area contributed by atoms with Crippen LogP contribution in [0.25, 0.3) is 0 Å². The summed E-state index contributed by atoms with van der Waals surface area (Å²) in [4.78, 5) is 61.8. The summed E-state index contributed by atoms with van der Waals surface area (Å²) in [5.41, 5.74) is 0.470. The highest BCUT2D eigenvalue weighted by atomic mass is 16.5. The lowest BCUT2D eigenvalue weighted by atomic mass is 9.82. The minimum absolute atomic E-state index is 0.0395. The Bertz CT molecular complexity index is 1060. The van der Waals surface area contributed by atoms with Crippen molar-refractivity contribution in [3.05, 3.63) is 70.3 Å². The molecule has 0 unspecified atom stereocenters. The SMILES string of the molecule is CCNC(=O)[C@@H](C)NC(=O)COC(=O)c1cccc2c1C(=O)c1ccccc1C2=O. The molecule has 8 heteroatoms. The number of fused-ring (bicyclic) bond motifs is 2. The molecule has 2 N–H and O–H groups in total. The number of benzene rings is 2. The summed E-state index contributed by atoms with van der Waals surface area (Å²) in [6.45, 7) is 3.03. The van der Waals surface area contributed by atoms with Crippen molar-refractivity contribution in [1.82, 2.24) is 10.6 Å². The fourth-order valence-electron chi connectivity index (χ4n) is 3.20. The first-order valence-electron chi connectivity index (χ1n) is 9.40. The summed E-state index contributed by atoms with van der Waals surface area (Å²) in [5, 5.41) is 4.98. The highest BCUT2D eigenvalue weighted by Gasteiger charge is 2.33. The van der Waals surface area contributed by atoms with Gasteiger partial charge < -0.3 is 15.4 Å². The van der Waals surface area contributed by atoms with E-state index in [1.165, 1.54) is 31.2 Å². The van der Waals surface area contributed by atoms with Crippen molar-refractivity contribution in [3.8, 4) is 0 Å². The molecular weight excluding hydrogens is 388 g/mol. The van der Waals surface area contributed by atoms with Gasteiger partial charge in [-0.05, 0) is 19.9 Å². The van der Waals surface area contributed by atoms with Gasteiger partial charge in [-0.15, -0.1) is 0 Å². The Morgan fingerprint density at radius 1 is 0.933 bits per heavy atom. The van der Waals surface area contributed by atoms with E-state index in [1.54, 1.807) is 25.1 Å². The van der Waals surface area contributed by atoms with Crippen molar-refractivity contribution >= 4 is 29.4 Å². The third kappa shape index (κ3) is 3.98. The minimum atomic E-state index is -0.909. The van der Waals surface area contributed by atoms with Gasteiger partial charge in [0.25, 0.3) is 5.91 Å². The lowest BCUT2D eigenvalue weighted by Gasteiger charge is -2.19. The molecule has 154 valence electrons. The van der Waals surface area contributed by atoms with Gasteiger partial charge >= 0.3 is 5.97 Å². The second kappa shape index (κ2) is 8.69. The maximum Gasteiger partial charge on any atom is 0.339 e. The van der Waals surface area contributed by atoms with Gasteiger partial charge in [-0.1, -0.05) is 36.4 Å². The van der Waals surface area contributed by atoms with E-state index in [4.69, 9.17) is 4.74 Å². The predicted octanol–water partition coefficient (Wildman–Crippen LogP) is 1.26.